The Morgan fingerprint density at radius 3 is 2.80 bits per heavy atom. The van der Waals surface area contributed by atoms with Crippen LogP contribution >= 0.6 is 0 Å². The average molecular weight is 354 g/mol. The molecule has 5 nitrogen and oxygen atoms in total. The van der Waals surface area contributed by atoms with Crippen molar-refractivity contribution in [3.05, 3.63) is 30.1 Å². The number of piperidine rings is 1. The van der Waals surface area contributed by atoms with Gasteiger partial charge in [-0.2, -0.15) is 13.2 Å². The molecular weight excluding hydrogens is 333 g/mol. The van der Waals surface area contributed by atoms with Crippen LogP contribution in [0.1, 0.15) is 25.3 Å². The predicted molar refractivity (Wildman–Crippen MR) is 87.8 cm³/mol. The van der Waals surface area contributed by atoms with E-state index >= 15 is 0 Å². The smallest absolute Gasteiger partial charge is 0.334 e. The lowest BCUT2D eigenvalue weighted by Crippen LogP contribution is -2.56. The molecule has 0 aliphatic carbocycles. The highest BCUT2D eigenvalue weighted by molar-refractivity contribution is 5.76. The van der Waals surface area contributed by atoms with Crippen LogP contribution in [0.4, 0.5) is 13.2 Å². The third-order valence-corrected chi connectivity index (χ3v) is 4.75. The molecule has 1 aromatic heterocycles. The van der Waals surface area contributed by atoms with Gasteiger partial charge in [-0.1, -0.05) is 6.07 Å². The minimum Gasteiger partial charge on any atom is -0.334 e. The number of nitrogens with zero attached hydrogens (tertiary/aromatic N) is 3. The van der Waals surface area contributed by atoms with Crippen LogP contribution in [0.15, 0.2) is 24.5 Å². The van der Waals surface area contributed by atoms with Crippen LogP contribution in [0, 0.1) is 0 Å². The molecule has 2 unspecified atom stereocenters. The van der Waals surface area contributed by atoms with Crippen molar-refractivity contribution in [2.75, 3.05) is 6.54 Å². The molecule has 1 aromatic carbocycles. The van der Waals surface area contributed by atoms with E-state index in [0.29, 0.717) is 13.0 Å². The second-order valence-corrected chi connectivity index (χ2v) is 6.56. The summed E-state index contributed by atoms with van der Waals surface area (Å²) < 4.78 is 41.1. The molecule has 3 rings (SSSR count). The lowest BCUT2D eigenvalue weighted by atomic mass is 9.97. The predicted octanol–water partition coefficient (Wildman–Crippen LogP) is 2.60. The van der Waals surface area contributed by atoms with Gasteiger partial charge in [0.15, 0.2) is 0 Å². The Balaban J connectivity index is 1.64. The van der Waals surface area contributed by atoms with E-state index in [2.05, 4.69) is 10.3 Å². The summed E-state index contributed by atoms with van der Waals surface area (Å²) in [4.78, 5) is 16.8. The fraction of sp³-hybridized carbons (Fsp3) is 0.529. The topological polar surface area (TPSA) is 50.2 Å². The molecule has 1 aliphatic heterocycles. The number of amides is 1. The molecule has 1 amide bonds. The molecule has 25 heavy (non-hydrogen) atoms. The molecule has 2 aromatic rings. The Hall–Kier alpha value is -2.09. The number of rotatable bonds is 3. The van der Waals surface area contributed by atoms with Gasteiger partial charge >= 0.3 is 6.18 Å². The minimum atomic E-state index is -4.37. The first kappa shape index (κ1) is 17.7. The van der Waals surface area contributed by atoms with Crippen LogP contribution in [-0.4, -0.2) is 45.2 Å². The highest BCUT2D eigenvalue weighted by Crippen LogP contribution is 2.32. The van der Waals surface area contributed by atoms with E-state index in [-0.39, 0.29) is 19.0 Å². The maximum atomic E-state index is 13.1. The molecular formula is C17H21F3N4O. The van der Waals surface area contributed by atoms with Gasteiger partial charge in [-0.25, -0.2) is 4.98 Å². The fourth-order valence-corrected chi connectivity index (χ4v) is 3.38. The molecule has 0 bridgehead atoms. The van der Waals surface area contributed by atoms with Crippen molar-refractivity contribution in [3.8, 4) is 0 Å². The molecule has 1 fully saturated rings. The highest BCUT2D eigenvalue weighted by atomic mass is 19.4. The summed E-state index contributed by atoms with van der Waals surface area (Å²) in [6.45, 7) is 1.79. The van der Waals surface area contributed by atoms with E-state index in [1.54, 1.807) is 6.33 Å². The normalized spacial score (nSPS) is 21.7. The van der Waals surface area contributed by atoms with E-state index in [9.17, 15) is 18.0 Å². The Morgan fingerprint density at radius 1 is 1.36 bits per heavy atom. The number of hydrogen-bond donors (Lipinski definition) is 1. The number of carbonyl (C=O) groups is 1. The molecule has 1 N–H and O–H groups in total. The van der Waals surface area contributed by atoms with Gasteiger partial charge in [0.1, 0.15) is 6.04 Å². The summed E-state index contributed by atoms with van der Waals surface area (Å²) in [5, 5.41) is 3.27. The Labute approximate surface area is 143 Å². The lowest BCUT2D eigenvalue weighted by molar-refractivity contribution is -0.196. The lowest BCUT2D eigenvalue weighted by Gasteiger charge is -2.40. The highest BCUT2D eigenvalue weighted by Gasteiger charge is 2.47. The van der Waals surface area contributed by atoms with Crippen LogP contribution in [0.5, 0.6) is 0 Å². The van der Waals surface area contributed by atoms with Crippen LogP contribution in [0.3, 0.4) is 0 Å². The van der Waals surface area contributed by atoms with Gasteiger partial charge in [-0.3, -0.25) is 4.79 Å². The van der Waals surface area contributed by atoms with Gasteiger partial charge in [0.05, 0.1) is 17.4 Å². The number of halogens is 3. The standard InChI is InChI=1S/C17H21F3N4O/c1-11(25)24-9-13(4-6-16(24)17(18,19)20)21-8-12-3-5-15-14(7-12)22-10-23(15)2/h3,5,7,10,13,16,21H,4,6,8-9H2,1-2H3. The Morgan fingerprint density at radius 2 is 2.12 bits per heavy atom. The number of fused-ring (bicyclic) bond motifs is 1. The molecule has 0 radical (unpaired) electrons. The van der Waals surface area contributed by atoms with Gasteiger partial charge in [-0.05, 0) is 30.5 Å². The summed E-state index contributed by atoms with van der Waals surface area (Å²) in [6, 6.07) is 4.09. The number of imidazole rings is 1. The largest absolute Gasteiger partial charge is 0.408 e. The number of likely N-dealkylation sites (tertiary alicyclic amines) is 1. The summed E-state index contributed by atoms with van der Waals surface area (Å²) >= 11 is 0. The molecule has 0 spiro atoms. The van der Waals surface area contributed by atoms with Gasteiger partial charge in [-0.15, -0.1) is 0 Å². The first-order valence-electron chi connectivity index (χ1n) is 8.23. The summed E-state index contributed by atoms with van der Waals surface area (Å²) in [7, 11) is 1.92. The number of nitrogens with one attached hydrogen (secondary N) is 1. The van der Waals surface area contributed by atoms with Gasteiger partial charge < -0.3 is 14.8 Å². The minimum absolute atomic E-state index is 0.0694. The number of carbonyl (C=O) groups excluding carboxylic acids is 1. The Kier molecular flexibility index (Phi) is 4.73. The van der Waals surface area contributed by atoms with Crippen molar-refractivity contribution in [1.82, 2.24) is 19.8 Å². The van der Waals surface area contributed by atoms with Crippen molar-refractivity contribution in [1.29, 1.82) is 0 Å². The van der Waals surface area contributed by atoms with Gasteiger partial charge in [0.2, 0.25) is 5.91 Å². The zero-order valence-electron chi connectivity index (χ0n) is 14.2. The first-order valence-corrected chi connectivity index (χ1v) is 8.23. The van der Waals surface area contributed by atoms with Crippen molar-refractivity contribution in [3.63, 3.8) is 0 Å². The molecule has 8 heteroatoms. The monoisotopic (exact) mass is 354 g/mol. The molecule has 2 atom stereocenters. The SMILES string of the molecule is CC(=O)N1CC(NCc2ccc3c(c2)ncn3C)CCC1C(F)(F)F. The van der Waals surface area contributed by atoms with E-state index in [1.165, 1.54) is 6.92 Å². The summed E-state index contributed by atoms with van der Waals surface area (Å²) in [5.41, 5.74) is 2.92. The molecule has 1 aliphatic rings. The number of hydrogen-bond acceptors (Lipinski definition) is 3. The van der Waals surface area contributed by atoms with E-state index < -0.39 is 18.1 Å². The fourth-order valence-electron chi connectivity index (χ4n) is 3.38. The number of aryl methyl sites for hydroxylation is 1. The Bertz CT molecular complexity index is 771. The van der Waals surface area contributed by atoms with Crippen LogP contribution in [-0.2, 0) is 18.4 Å². The summed E-state index contributed by atoms with van der Waals surface area (Å²) in [6.07, 6.45) is -2.31. The molecule has 1 saturated heterocycles. The number of aromatic nitrogens is 2. The maximum Gasteiger partial charge on any atom is 0.408 e. The third-order valence-electron chi connectivity index (χ3n) is 4.75. The van der Waals surface area contributed by atoms with Crippen LogP contribution < -0.4 is 5.32 Å². The number of alkyl halides is 3. The van der Waals surface area contributed by atoms with Crippen LogP contribution in [0.2, 0.25) is 0 Å². The quantitative estimate of drug-likeness (QED) is 0.922. The van der Waals surface area contributed by atoms with Crippen molar-refractivity contribution in [2.24, 2.45) is 7.05 Å². The van der Waals surface area contributed by atoms with Gasteiger partial charge in [0, 0.05) is 33.1 Å². The average Bonchev–Trinajstić information content (AvgIpc) is 2.92. The molecule has 136 valence electrons. The van der Waals surface area contributed by atoms with Gasteiger partial charge in [0.25, 0.3) is 0 Å². The molecule has 0 saturated carbocycles. The maximum absolute atomic E-state index is 13.1. The zero-order chi connectivity index (χ0) is 18.2. The molecule has 2 heterocycles. The first-order chi connectivity index (χ1) is 11.8. The van der Waals surface area contributed by atoms with Crippen molar-refractivity contribution in [2.45, 2.75) is 44.6 Å². The number of benzene rings is 1. The van der Waals surface area contributed by atoms with E-state index in [4.69, 9.17) is 0 Å². The van der Waals surface area contributed by atoms with E-state index in [0.717, 1.165) is 21.5 Å². The summed E-state index contributed by atoms with van der Waals surface area (Å²) in [5.74, 6) is -0.538. The van der Waals surface area contributed by atoms with Crippen molar-refractivity contribution < 1.29 is 18.0 Å². The zero-order valence-corrected chi connectivity index (χ0v) is 14.2. The second kappa shape index (κ2) is 6.67. The van der Waals surface area contributed by atoms with Crippen molar-refractivity contribution >= 4 is 16.9 Å². The third kappa shape index (κ3) is 3.78. The second-order valence-electron chi connectivity index (χ2n) is 6.56. The van der Waals surface area contributed by atoms with E-state index in [1.807, 2.05) is 29.8 Å². The van der Waals surface area contributed by atoms with Crippen LogP contribution in [0.25, 0.3) is 11.0 Å².